The Kier molecular flexibility index (Phi) is 7.44. The number of hydrogen-bond acceptors (Lipinski definition) is 5. The van der Waals surface area contributed by atoms with Gasteiger partial charge in [-0.1, -0.05) is 24.1 Å². The van der Waals surface area contributed by atoms with Gasteiger partial charge < -0.3 is 10.1 Å². The van der Waals surface area contributed by atoms with Crippen LogP contribution in [0.5, 0.6) is 5.75 Å². The number of sulfonamides is 1. The first-order valence-corrected chi connectivity index (χ1v) is 12.4. The molecular formula is C22H28N2O4S2. The van der Waals surface area contributed by atoms with E-state index in [1.54, 1.807) is 12.1 Å². The molecule has 0 atom stereocenters. The van der Waals surface area contributed by atoms with Gasteiger partial charge in [-0.05, 0) is 56.5 Å². The van der Waals surface area contributed by atoms with Crippen molar-refractivity contribution in [1.29, 1.82) is 0 Å². The number of ether oxygens (including phenoxy) is 1. The molecular weight excluding hydrogens is 420 g/mol. The summed E-state index contributed by atoms with van der Waals surface area (Å²) >= 11 is 1.46. The second kappa shape index (κ2) is 9.85. The van der Waals surface area contributed by atoms with Gasteiger partial charge in [0.1, 0.15) is 10.6 Å². The highest BCUT2D eigenvalue weighted by Crippen LogP contribution is 2.31. The fourth-order valence-electron chi connectivity index (χ4n) is 3.50. The molecule has 0 aliphatic carbocycles. The number of anilines is 1. The van der Waals surface area contributed by atoms with Gasteiger partial charge in [0, 0.05) is 23.7 Å². The Morgan fingerprint density at radius 3 is 2.50 bits per heavy atom. The number of hydrogen-bond donors (Lipinski definition) is 1. The largest absolute Gasteiger partial charge is 0.495 e. The minimum Gasteiger partial charge on any atom is -0.495 e. The minimum atomic E-state index is -3.68. The second-order valence-corrected chi connectivity index (χ2v) is 10.4. The molecule has 0 radical (unpaired) electrons. The molecule has 0 unspecified atom stereocenters. The normalized spacial score (nSPS) is 15.0. The van der Waals surface area contributed by atoms with E-state index in [2.05, 4.69) is 11.4 Å². The van der Waals surface area contributed by atoms with Crippen LogP contribution in [-0.2, 0) is 14.8 Å². The maximum Gasteiger partial charge on any atom is 0.246 e. The van der Waals surface area contributed by atoms with Crippen LogP contribution in [0, 0.1) is 13.8 Å². The second-order valence-electron chi connectivity index (χ2n) is 7.44. The van der Waals surface area contributed by atoms with Crippen molar-refractivity contribution >= 4 is 33.4 Å². The first kappa shape index (κ1) is 22.7. The summed E-state index contributed by atoms with van der Waals surface area (Å²) in [6.07, 6.45) is 2.75. The summed E-state index contributed by atoms with van der Waals surface area (Å²) in [6, 6.07) is 10.9. The van der Waals surface area contributed by atoms with E-state index in [-0.39, 0.29) is 22.3 Å². The van der Waals surface area contributed by atoms with Crippen LogP contribution in [0.1, 0.15) is 30.4 Å². The van der Waals surface area contributed by atoms with Crippen LogP contribution in [0.15, 0.2) is 46.2 Å². The number of nitrogens with one attached hydrogen (secondary N) is 1. The summed E-state index contributed by atoms with van der Waals surface area (Å²) < 4.78 is 33.0. The fraction of sp³-hybridized carbons (Fsp3) is 0.409. The van der Waals surface area contributed by atoms with Crippen LogP contribution in [0.25, 0.3) is 0 Å². The van der Waals surface area contributed by atoms with E-state index in [4.69, 9.17) is 4.74 Å². The molecule has 30 heavy (non-hydrogen) atoms. The van der Waals surface area contributed by atoms with Gasteiger partial charge in [0.2, 0.25) is 15.9 Å². The standard InChI is InChI=1S/C22H28N2O4S2/c1-16-7-10-20(17(2)13-16)29-15-22(25)23-18-8-9-19(28-3)21(14-18)30(26,27)24-11-5-4-6-12-24/h7-10,13-14H,4-6,11-12,15H2,1-3H3,(H,23,25). The lowest BCUT2D eigenvalue weighted by Crippen LogP contribution is -2.35. The molecule has 1 heterocycles. The molecule has 1 aliphatic heterocycles. The predicted molar refractivity (Wildman–Crippen MR) is 121 cm³/mol. The smallest absolute Gasteiger partial charge is 0.246 e. The van der Waals surface area contributed by atoms with Gasteiger partial charge in [-0.15, -0.1) is 11.8 Å². The maximum atomic E-state index is 13.1. The van der Waals surface area contributed by atoms with Gasteiger partial charge in [0.05, 0.1) is 12.9 Å². The Morgan fingerprint density at radius 1 is 1.10 bits per heavy atom. The van der Waals surface area contributed by atoms with Gasteiger partial charge in [0.15, 0.2) is 0 Å². The first-order valence-electron chi connectivity index (χ1n) is 9.99. The van der Waals surface area contributed by atoms with Crippen molar-refractivity contribution < 1.29 is 17.9 Å². The van der Waals surface area contributed by atoms with E-state index < -0.39 is 10.0 Å². The molecule has 162 valence electrons. The highest BCUT2D eigenvalue weighted by molar-refractivity contribution is 8.00. The molecule has 2 aromatic rings. The number of amides is 1. The highest BCUT2D eigenvalue weighted by atomic mass is 32.2. The van der Waals surface area contributed by atoms with E-state index >= 15 is 0 Å². The SMILES string of the molecule is COc1ccc(NC(=O)CSc2ccc(C)cc2C)cc1S(=O)(=O)N1CCCCC1. The molecule has 0 spiro atoms. The Balaban J connectivity index is 1.73. The van der Waals surface area contributed by atoms with E-state index in [1.807, 2.05) is 26.0 Å². The van der Waals surface area contributed by atoms with Gasteiger partial charge in [-0.3, -0.25) is 4.79 Å². The predicted octanol–water partition coefficient (Wildman–Crippen LogP) is 4.22. The average molecular weight is 449 g/mol. The zero-order chi connectivity index (χ0) is 21.7. The molecule has 6 nitrogen and oxygen atoms in total. The van der Waals surface area contributed by atoms with Crippen LogP contribution in [0.2, 0.25) is 0 Å². The van der Waals surface area contributed by atoms with Crippen molar-refractivity contribution in [2.24, 2.45) is 0 Å². The molecule has 0 aromatic heterocycles. The fourth-order valence-corrected chi connectivity index (χ4v) is 6.01. The summed E-state index contributed by atoms with van der Waals surface area (Å²) in [7, 11) is -2.23. The van der Waals surface area contributed by atoms with Gasteiger partial charge >= 0.3 is 0 Å². The third-order valence-electron chi connectivity index (χ3n) is 5.07. The Hall–Kier alpha value is -2.03. The number of piperidine rings is 1. The summed E-state index contributed by atoms with van der Waals surface area (Å²) in [5.74, 6) is 0.333. The maximum absolute atomic E-state index is 13.1. The van der Waals surface area contributed by atoms with Crippen molar-refractivity contribution in [2.75, 3.05) is 31.3 Å². The third kappa shape index (κ3) is 5.36. The summed E-state index contributed by atoms with van der Waals surface area (Å²) in [5, 5.41) is 2.81. The molecule has 3 rings (SSSR count). The molecule has 1 N–H and O–H groups in total. The third-order valence-corrected chi connectivity index (χ3v) is 8.16. The molecule has 1 saturated heterocycles. The van der Waals surface area contributed by atoms with Crippen LogP contribution >= 0.6 is 11.8 Å². The highest BCUT2D eigenvalue weighted by Gasteiger charge is 2.29. The topological polar surface area (TPSA) is 75.7 Å². The number of carbonyl (C=O) groups is 1. The lowest BCUT2D eigenvalue weighted by Gasteiger charge is -2.26. The van der Waals surface area contributed by atoms with Crippen LogP contribution in [-0.4, -0.2) is 44.6 Å². The number of benzene rings is 2. The van der Waals surface area contributed by atoms with Crippen LogP contribution in [0.3, 0.4) is 0 Å². The number of thioether (sulfide) groups is 1. The lowest BCUT2D eigenvalue weighted by molar-refractivity contribution is -0.113. The Morgan fingerprint density at radius 2 is 1.83 bits per heavy atom. The molecule has 1 amide bonds. The Bertz CT molecular complexity index is 1020. The lowest BCUT2D eigenvalue weighted by atomic mass is 10.2. The number of rotatable bonds is 7. The average Bonchev–Trinajstić information content (AvgIpc) is 2.73. The van der Waals surface area contributed by atoms with Crippen LogP contribution in [0.4, 0.5) is 5.69 Å². The van der Waals surface area contributed by atoms with Crippen molar-refractivity contribution in [3.8, 4) is 5.75 Å². The van der Waals surface area contributed by atoms with E-state index in [9.17, 15) is 13.2 Å². The zero-order valence-electron chi connectivity index (χ0n) is 17.6. The molecule has 0 saturated carbocycles. The quantitative estimate of drug-likeness (QED) is 0.642. The summed E-state index contributed by atoms with van der Waals surface area (Å²) in [6.45, 7) is 5.07. The van der Waals surface area contributed by atoms with Gasteiger partial charge in [-0.25, -0.2) is 8.42 Å². The van der Waals surface area contributed by atoms with Crippen molar-refractivity contribution in [3.63, 3.8) is 0 Å². The number of nitrogens with zero attached hydrogens (tertiary/aromatic N) is 1. The van der Waals surface area contributed by atoms with Crippen LogP contribution < -0.4 is 10.1 Å². The number of methoxy groups -OCH3 is 1. The van der Waals surface area contributed by atoms with Gasteiger partial charge in [-0.2, -0.15) is 4.31 Å². The van der Waals surface area contributed by atoms with Gasteiger partial charge in [0.25, 0.3) is 0 Å². The molecule has 2 aromatic carbocycles. The molecule has 0 bridgehead atoms. The molecule has 8 heteroatoms. The number of aryl methyl sites for hydroxylation is 2. The first-order chi connectivity index (χ1) is 14.3. The van der Waals surface area contributed by atoms with Crippen molar-refractivity contribution in [2.45, 2.75) is 42.9 Å². The zero-order valence-corrected chi connectivity index (χ0v) is 19.2. The summed E-state index contributed by atoms with van der Waals surface area (Å²) in [5.41, 5.74) is 2.76. The molecule has 1 fully saturated rings. The van der Waals surface area contributed by atoms with E-state index in [0.29, 0.717) is 18.8 Å². The monoisotopic (exact) mass is 448 g/mol. The molecule has 1 aliphatic rings. The summed E-state index contributed by atoms with van der Waals surface area (Å²) in [4.78, 5) is 13.6. The minimum absolute atomic E-state index is 0.0896. The number of carbonyl (C=O) groups excluding carboxylic acids is 1. The van der Waals surface area contributed by atoms with E-state index in [0.717, 1.165) is 29.7 Å². The van der Waals surface area contributed by atoms with Crippen molar-refractivity contribution in [1.82, 2.24) is 4.31 Å². The Labute approximate surface area is 183 Å². The van der Waals surface area contributed by atoms with E-state index in [1.165, 1.54) is 34.8 Å². The van der Waals surface area contributed by atoms with Crippen molar-refractivity contribution in [3.05, 3.63) is 47.5 Å².